The molecule has 0 aromatic carbocycles. The smallest absolute Gasteiger partial charge is 0.357 e. The topological polar surface area (TPSA) is 74.7 Å². The van der Waals surface area contributed by atoms with Gasteiger partial charge in [-0.1, -0.05) is 0 Å². The summed E-state index contributed by atoms with van der Waals surface area (Å²) in [4.78, 5) is 27.6. The van der Waals surface area contributed by atoms with Crippen LogP contribution in [0.1, 0.15) is 40.4 Å². The van der Waals surface area contributed by atoms with Crippen LogP contribution in [0.15, 0.2) is 12.1 Å². The molecule has 1 aromatic rings. The minimum Gasteiger partial charge on any atom is -0.462 e. The second-order valence-electron chi connectivity index (χ2n) is 3.57. The molecule has 1 rings (SSSR count). The number of ether oxygens (including phenoxy) is 3. The van der Waals surface area contributed by atoms with Gasteiger partial charge in [-0.2, -0.15) is 0 Å². The molecule has 1 aromatic heterocycles. The van der Waals surface area contributed by atoms with Gasteiger partial charge in [0.05, 0.1) is 31.1 Å². The van der Waals surface area contributed by atoms with Crippen LogP contribution in [-0.2, 0) is 20.8 Å². The Balaban J connectivity index is 3.14. The summed E-state index contributed by atoms with van der Waals surface area (Å²) in [5.41, 5.74) is 0.591. The average molecular weight is 267 g/mol. The van der Waals surface area contributed by atoms with E-state index in [-0.39, 0.29) is 31.1 Å². The predicted octanol–water partition coefficient (Wildman–Crippen LogP) is 1.58. The molecule has 6 nitrogen and oxygen atoms in total. The van der Waals surface area contributed by atoms with Crippen molar-refractivity contribution in [1.82, 2.24) is 4.98 Å². The quantitative estimate of drug-likeness (QED) is 0.728. The first kappa shape index (κ1) is 15.1. The Morgan fingerprint density at radius 2 is 1.74 bits per heavy atom. The average Bonchev–Trinajstić information content (AvgIpc) is 2.39. The second-order valence-corrected chi connectivity index (χ2v) is 3.57. The lowest BCUT2D eigenvalue weighted by molar-refractivity contribution is 0.0472. The van der Waals surface area contributed by atoms with Gasteiger partial charge in [0.2, 0.25) is 0 Å². The summed E-state index contributed by atoms with van der Waals surface area (Å²) in [7, 11) is 1.52. The Labute approximate surface area is 111 Å². The molecule has 0 amide bonds. The first-order chi connectivity index (χ1) is 9.13. The molecule has 0 N–H and O–H groups in total. The minimum atomic E-state index is -0.650. The summed E-state index contributed by atoms with van der Waals surface area (Å²) >= 11 is 0. The Morgan fingerprint density at radius 1 is 1.11 bits per heavy atom. The van der Waals surface area contributed by atoms with Crippen molar-refractivity contribution < 1.29 is 23.8 Å². The zero-order valence-corrected chi connectivity index (χ0v) is 11.3. The molecule has 6 heteroatoms. The van der Waals surface area contributed by atoms with E-state index in [9.17, 15) is 9.59 Å². The van der Waals surface area contributed by atoms with Crippen LogP contribution in [0.2, 0.25) is 0 Å². The van der Waals surface area contributed by atoms with Crippen LogP contribution in [0.4, 0.5) is 0 Å². The molecule has 104 valence electrons. The normalized spacial score (nSPS) is 10.1. The van der Waals surface area contributed by atoms with E-state index in [1.165, 1.54) is 13.2 Å². The summed E-state index contributed by atoms with van der Waals surface area (Å²) in [6, 6.07) is 3.10. The number of aromatic nitrogens is 1. The number of carbonyl (C=O) groups is 2. The van der Waals surface area contributed by atoms with Crippen molar-refractivity contribution in [2.45, 2.75) is 20.5 Å². The molecule has 1 heterocycles. The van der Waals surface area contributed by atoms with Crippen LogP contribution >= 0.6 is 0 Å². The lowest BCUT2D eigenvalue weighted by Crippen LogP contribution is -2.17. The largest absolute Gasteiger partial charge is 0.462 e. The molecule has 0 bridgehead atoms. The zero-order chi connectivity index (χ0) is 14.3. The lowest BCUT2D eigenvalue weighted by Gasteiger charge is -2.09. The van der Waals surface area contributed by atoms with E-state index in [4.69, 9.17) is 14.2 Å². The van der Waals surface area contributed by atoms with Crippen LogP contribution < -0.4 is 0 Å². The van der Waals surface area contributed by atoms with Crippen molar-refractivity contribution in [3.05, 3.63) is 29.1 Å². The minimum absolute atomic E-state index is 0.0464. The van der Waals surface area contributed by atoms with Crippen molar-refractivity contribution in [3.63, 3.8) is 0 Å². The first-order valence-electron chi connectivity index (χ1n) is 5.97. The standard InChI is InChI=1S/C13H17NO5/c1-4-18-12(15)10-7-6-9(8-17-3)14-11(10)13(16)19-5-2/h6-7H,4-5,8H2,1-3H3. The summed E-state index contributed by atoms with van der Waals surface area (Å²) in [5.74, 6) is -1.24. The van der Waals surface area contributed by atoms with E-state index in [0.717, 1.165) is 0 Å². The Kier molecular flexibility index (Phi) is 5.95. The molecule has 0 unspecified atom stereocenters. The van der Waals surface area contributed by atoms with Gasteiger partial charge in [0.1, 0.15) is 0 Å². The molecule has 19 heavy (non-hydrogen) atoms. The maximum atomic E-state index is 11.8. The van der Waals surface area contributed by atoms with Gasteiger partial charge in [0, 0.05) is 7.11 Å². The summed E-state index contributed by atoms with van der Waals surface area (Å²) in [6.07, 6.45) is 0. The van der Waals surface area contributed by atoms with E-state index >= 15 is 0 Å². The Hall–Kier alpha value is -1.95. The highest BCUT2D eigenvalue weighted by atomic mass is 16.5. The highest BCUT2D eigenvalue weighted by Crippen LogP contribution is 2.12. The maximum Gasteiger partial charge on any atom is 0.357 e. The maximum absolute atomic E-state index is 11.8. The van der Waals surface area contributed by atoms with Gasteiger partial charge in [0.25, 0.3) is 0 Å². The summed E-state index contributed by atoms with van der Waals surface area (Å²) in [5, 5.41) is 0. The lowest BCUT2D eigenvalue weighted by atomic mass is 10.1. The fraction of sp³-hybridized carbons (Fsp3) is 0.462. The highest BCUT2D eigenvalue weighted by Gasteiger charge is 2.21. The first-order valence-corrected chi connectivity index (χ1v) is 5.97. The number of nitrogens with zero attached hydrogens (tertiary/aromatic N) is 1. The molecule has 0 spiro atoms. The van der Waals surface area contributed by atoms with Crippen LogP contribution in [-0.4, -0.2) is 37.2 Å². The van der Waals surface area contributed by atoms with Gasteiger partial charge >= 0.3 is 11.9 Å². The van der Waals surface area contributed by atoms with Gasteiger partial charge in [0.15, 0.2) is 5.69 Å². The van der Waals surface area contributed by atoms with Crippen molar-refractivity contribution >= 4 is 11.9 Å². The van der Waals surface area contributed by atoms with Crippen LogP contribution in [0.3, 0.4) is 0 Å². The molecule has 0 saturated carbocycles. The van der Waals surface area contributed by atoms with Gasteiger partial charge in [-0.3, -0.25) is 0 Å². The third-order valence-electron chi connectivity index (χ3n) is 2.21. The van der Waals surface area contributed by atoms with Gasteiger partial charge < -0.3 is 14.2 Å². The van der Waals surface area contributed by atoms with Gasteiger partial charge in [-0.05, 0) is 26.0 Å². The molecule has 0 atom stereocenters. The molecule has 0 aliphatic carbocycles. The number of rotatable bonds is 6. The zero-order valence-electron chi connectivity index (χ0n) is 11.3. The Morgan fingerprint density at radius 3 is 2.32 bits per heavy atom. The predicted molar refractivity (Wildman–Crippen MR) is 66.9 cm³/mol. The summed E-state index contributed by atoms with van der Waals surface area (Å²) < 4.78 is 14.7. The molecule has 0 radical (unpaired) electrons. The van der Waals surface area contributed by atoms with Crippen molar-refractivity contribution in [2.75, 3.05) is 20.3 Å². The van der Waals surface area contributed by atoms with Crippen molar-refractivity contribution in [2.24, 2.45) is 0 Å². The van der Waals surface area contributed by atoms with E-state index < -0.39 is 11.9 Å². The highest BCUT2D eigenvalue weighted by molar-refractivity contribution is 6.01. The number of pyridine rings is 1. The third kappa shape index (κ3) is 4.03. The van der Waals surface area contributed by atoms with Crippen molar-refractivity contribution in [3.8, 4) is 0 Å². The van der Waals surface area contributed by atoms with E-state index in [2.05, 4.69) is 4.98 Å². The Bertz CT molecular complexity index is 458. The molecule has 0 aliphatic heterocycles. The molecule has 0 fully saturated rings. The van der Waals surface area contributed by atoms with E-state index in [0.29, 0.717) is 5.69 Å². The molecular weight excluding hydrogens is 250 g/mol. The third-order valence-corrected chi connectivity index (χ3v) is 2.21. The number of carbonyl (C=O) groups excluding carboxylic acids is 2. The molecule has 0 aliphatic rings. The van der Waals surface area contributed by atoms with Gasteiger partial charge in [-0.25, -0.2) is 14.6 Å². The fourth-order valence-corrected chi connectivity index (χ4v) is 1.46. The monoisotopic (exact) mass is 267 g/mol. The van der Waals surface area contributed by atoms with E-state index in [1.54, 1.807) is 19.9 Å². The number of esters is 2. The number of hydrogen-bond acceptors (Lipinski definition) is 6. The van der Waals surface area contributed by atoms with Crippen LogP contribution in [0, 0.1) is 0 Å². The number of methoxy groups -OCH3 is 1. The SMILES string of the molecule is CCOC(=O)c1ccc(COC)nc1C(=O)OCC. The van der Waals surface area contributed by atoms with E-state index in [1.807, 2.05) is 0 Å². The van der Waals surface area contributed by atoms with Crippen molar-refractivity contribution in [1.29, 1.82) is 0 Å². The van der Waals surface area contributed by atoms with Crippen LogP contribution in [0.25, 0.3) is 0 Å². The number of hydrogen-bond donors (Lipinski definition) is 0. The molecule has 0 saturated heterocycles. The van der Waals surface area contributed by atoms with Gasteiger partial charge in [-0.15, -0.1) is 0 Å². The second kappa shape index (κ2) is 7.48. The summed E-state index contributed by atoms with van der Waals surface area (Å²) in [6.45, 7) is 4.04. The fourth-order valence-electron chi connectivity index (χ4n) is 1.46. The van der Waals surface area contributed by atoms with Crippen LogP contribution in [0.5, 0.6) is 0 Å². The molecular formula is C13H17NO5.